The molecule has 2 aromatic rings. The van der Waals surface area contributed by atoms with Gasteiger partial charge in [0.2, 0.25) is 15.9 Å². The second-order valence-electron chi connectivity index (χ2n) is 4.42. The molecule has 0 heterocycles. The van der Waals surface area contributed by atoms with Crippen LogP contribution in [0.3, 0.4) is 0 Å². The van der Waals surface area contributed by atoms with E-state index in [9.17, 15) is 18.3 Å². The van der Waals surface area contributed by atoms with Crippen LogP contribution in [-0.4, -0.2) is 31.6 Å². The Bertz CT molecular complexity index is 805. The van der Waals surface area contributed by atoms with Crippen molar-refractivity contribution in [3.63, 3.8) is 0 Å². The number of carbonyl (C=O) groups excluding carboxylic acids is 1. The number of sulfonamides is 1. The van der Waals surface area contributed by atoms with Crippen LogP contribution < -0.4 is 10.0 Å². The number of aromatic hydroxyl groups is 1. The molecule has 0 saturated carbocycles. The molecule has 0 fully saturated rings. The average molecular weight is 329 g/mol. The van der Waals surface area contributed by atoms with Gasteiger partial charge in [-0.2, -0.15) is 0 Å². The molecule has 1 amide bonds. The summed E-state index contributed by atoms with van der Waals surface area (Å²) in [5, 5.41) is 13.6. The van der Waals surface area contributed by atoms with Crippen LogP contribution >= 0.6 is 11.6 Å². The van der Waals surface area contributed by atoms with E-state index in [1.807, 2.05) is 0 Å². The Kier molecular flexibility index (Phi) is 4.24. The maximum absolute atomic E-state index is 11.3. The van der Waals surface area contributed by atoms with Gasteiger partial charge in [0.05, 0.1) is 17.6 Å². The van der Waals surface area contributed by atoms with Crippen LogP contribution in [-0.2, 0) is 14.8 Å². The lowest BCUT2D eigenvalue weighted by Gasteiger charge is -2.12. The SMILES string of the molecule is CS(=O)(=O)Nc1cccc2c(O)c(NC(=O)CCl)ccc12. The van der Waals surface area contributed by atoms with E-state index in [-0.39, 0.29) is 17.3 Å². The number of hydrogen-bond acceptors (Lipinski definition) is 4. The van der Waals surface area contributed by atoms with Crippen molar-refractivity contribution in [1.82, 2.24) is 0 Å². The summed E-state index contributed by atoms with van der Waals surface area (Å²) in [7, 11) is -3.43. The molecule has 0 aliphatic rings. The number of benzene rings is 2. The molecule has 21 heavy (non-hydrogen) atoms. The van der Waals surface area contributed by atoms with Crippen molar-refractivity contribution in [3.05, 3.63) is 30.3 Å². The van der Waals surface area contributed by atoms with Crippen molar-refractivity contribution in [3.8, 4) is 5.75 Å². The smallest absolute Gasteiger partial charge is 0.239 e. The molecule has 3 N–H and O–H groups in total. The third-order valence-corrected chi connectivity index (χ3v) is 3.56. The highest BCUT2D eigenvalue weighted by atomic mass is 35.5. The van der Waals surface area contributed by atoms with Gasteiger partial charge in [0.1, 0.15) is 11.6 Å². The zero-order valence-electron chi connectivity index (χ0n) is 11.1. The Morgan fingerprint density at radius 2 is 1.90 bits per heavy atom. The Hall–Kier alpha value is -1.99. The molecular weight excluding hydrogens is 316 g/mol. The van der Waals surface area contributed by atoms with Crippen LogP contribution in [0, 0.1) is 0 Å². The number of anilines is 2. The number of nitrogens with one attached hydrogen (secondary N) is 2. The summed E-state index contributed by atoms with van der Waals surface area (Å²) in [6, 6.07) is 7.89. The Labute approximate surface area is 126 Å². The van der Waals surface area contributed by atoms with Gasteiger partial charge >= 0.3 is 0 Å². The number of halogens is 1. The summed E-state index contributed by atoms with van der Waals surface area (Å²) in [6.45, 7) is 0. The normalized spacial score (nSPS) is 11.3. The first-order valence-electron chi connectivity index (χ1n) is 5.90. The summed E-state index contributed by atoms with van der Waals surface area (Å²) in [5.41, 5.74) is 0.560. The largest absolute Gasteiger partial charge is 0.505 e. The maximum Gasteiger partial charge on any atom is 0.239 e. The van der Waals surface area contributed by atoms with Gasteiger partial charge in [-0.3, -0.25) is 9.52 Å². The minimum absolute atomic E-state index is 0.150. The van der Waals surface area contributed by atoms with Crippen molar-refractivity contribution in [2.75, 3.05) is 22.2 Å². The second kappa shape index (κ2) is 5.79. The van der Waals surface area contributed by atoms with Crippen molar-refractivity contribution < 1.29 is 18.3 Å². The predicted octanol–water partition coefficient (Wildman–Crippen LogP) is 2.09. The van der Waals surface area contributed by atoms with Gasteiger partial charge in [0.15, 0.2) is 0 Å². The fraction of sp³-hybridized carbons (Fsp3) is 0.154. The summed E-state index contributed by atoms with van der Waals surface area (Å²) in [4.78, 5) is 11.3. The van der Waals surface area contributed by atoms with E-state index in [1.165, 1.54) is 6.07 Å². The van der Waals surface area contributed by atoms with Gasteiger partial charge in [-0.1, -0.05) is 12.1 Å². The van der Waals surface area contributed by atoms with Gasteiger partial charge in [0.25, 0.3) is 0 Å². The number of carbonyl (C=O) groups is 1. The zero-order chi connectivity index (χ0) is 15.6. The molecule has 6 nitrogen and oxygen atoms in total. The highest BCUT2D eigenvalue weighted by Crippen LogP contribution is 2.36. The van der Waals surface area contributed by atoms with Crippen LogP contribution in [0.2, 0.25) is 0 Å². The van der Waals surface area contributed by atoms with Crippen LogP contribution in [0.1, 0.15) is 0 Å². The Morgan fingerprint density at radius 3 is 2.52 bits per heavy atom. The molecule has 2 rings (SSSR count). The molecule has 0 radical (unpaired) electrons. The van der Waals surface area contributed by atoms with Gasteiger partial charge < -0.3 is 10.4 Å². The quantitative estimate of drug-likeness (QED) is 0.591. The maximum atomic E-state index is 11.3. The number of fused-ring (bicyclic) bond motifs is 1. The monoisotopic (exact) mass is 328 g/mol. The Morgan fingerprint density at radius 1 is 1.19 bits per heavy atom. The standard InChI is InChI=1S/C13H13ClN2O4S/c1-21(19,20)16-10-4-2-3-9-8(10)5-6-11(13(9)18)15-12(17)7-14/h2-6,16,18H,7H2,1H3,(H,15,17). The van der Waals surface area contributed by atoms with E-state index < -0.39 is 15.9 Å². The fourth-order valence-electron chi connectivity index (χ4n) is 1.92. The number of phenolic OH excluding ortho intramolecular Hbond substituents is 1. The lowest BCUT2D eigenvalue weighted by Crippen LogP contribution is -2.13. The first-order valence-corrected chi connectivity index (χ1v) is 8.32. The lowest BCUT2D eigenvalue weighted by atomic mass is 10.1. The van der Waals surface area contributed by atoms with E-state index in [4.69, 9.17) is 11.6 Å². The number of amides is 1. The van der Waals surface area contributed by atoms with Crippen LogP contribution in [0.25, 0.3) is 10.8 Å². The van der Waals surface area contributed by atoms with E-state index in [0.29, 0.717) is 16.5 Å². The van der Waals surface area contributed by atoms with Crippen molar-refractivity contribution in [1.29, 1.82) is 0 Å². The number of phenols is 1. The molecule has 0 bridgehead atoms. The van der Waals surface area contributed by atoms with Gasteiger partial charge in [-0.15, -0.1) is 11.6 Å². The highest BCUT2D eigenvalue weighted by molar-refractivity contribution is 7.92. The minimum atomic E-state index is -3.43. The van der Waals surface area contributed by atoms with Gasteiger partial charge in [-0.25, -0.2) is 8.42 Å². The predicted molar refractivity (Wildman–Crippen MR) is 83.4 cm³/mol. The van der Waals surface area contributed by atoms with Crippen LogP contribution in [0.15, 0.2) is 30.3 Å². The molecule has 0 unspecified atom stereocenters. The zero-order valence-corrected chi connectivity index (χ0v) is 12.6. The second-order valence-corrected chi connectivity index (χ2v) is 6.43. The Balaban J connectivity index is 2.54. The summed E-state index contributed by atoms with van der Waals surface area (Å²) in [6.07, 6.45) is 1.04. The fourth-order valence-corrected chi connectivity index (χ4v) is 2.56. The van der Waals surface area contributed by atoms with Crippen molar-refractivity contribution in [2.24, 2.45) is 0 Å². The minimum Gasteiger partial charge on any atom is -0.505 e. The first kappa shape index (κ1) is 15.4. The van der Waals surface area contributed by atoms with E-state index in [1.54, 1.807) is 24.3 Å². The molecule has 0 saturated heterocycles. The van der Waals surface area contributed by atoms with Crippen molar-refractivity contribution in [2.45, 2.75) is 0 Å². The molecule has 0 atom stereocenters. The molecule has 112 valence electrons. The van der Waals surface area contributed by atoms with Crippen LogP contribution in [0.5, 0.6) is 5.75 Å². The first-order chi connectivity index (χ1) is 9.81. The average Bonchev–Trinajstić information content (AvgIpc) is 2.40. The van der Waals surface area contributed by atoms with Gasteiger partial charge in [0, 0.05) is 10.8 Å². The number of hydrogen-bond donors (Lipinski definition) is 3. The van der Waals surface area contributed by atoms with E-state index in [0.717, 1.165) is 6.26 Å². The molecule has 2 aromatic carbocycles. The third-order valence-electron chi connectivity index (χ3n) is 2.72. The van der Waals surface area contributed by atoms with Gasteiger partial charge in [-0.05, 0) is 18.2 Å². The summed E-state index contributed by atoms with van der Waals surface area (Å²) < 4.78 is 25.0. The molecule has 0 spiro atoms. The molecule has 0 aliphatic carbocycles. The topological polar surface area (TPSA) is 95.5 Å². The molecular formula is C13H13ClN2O4S. The van der Waals surface area contributed by atoms with Crippen LogP contribution in [0.4, 0.5) is 11.4 Å². The molecule has 0 aromatic heterocycles. The summed E-state index contributed by atoms with van der Waals surface area (Å²) in [5.74, 6) is -0.826. The molecule has 0 aliphatic heterocycles. The molecule has 8 heteroatoms. The number of alkyl halides is 1. The number of rotatable bonds is 4. The van der Waals surface area contributed by atoms with Crippen molar-refractivity contribution >= 4 is 49.7 Å². The highest BCUT2D eigenvalue weighted by Gasteiger charge is 2.12. The summed E-state index contributed by atoms with van der Waals surface area (Å²) >= 11 is 5.40. The van der Waals surface area contributed by atoms with E-state index >= 15 is 0 Å². The van der Waals surface area contributed by atoms with E-state index in [2.05, 4.69) is 10.0 Å². The third kappa shape index (κ3) is 3.56. The lowest BCUT2D eigenvalue weighted by molar-refractivity contribution is -0.113.